The lowest BCUT2D eigenvalue weighted by molar-refractivity contribution is -0.115. The van der Waals surface area contributed by atoms with Crippen LogP contribution in [0.15, 0.2) is 42.2 Å². The van der Waals surface area contributed by atoms with Crippen molar-refractivity contribution in [2.45, 2.75) is 13.3 Å². The number of nitrogens with zero attached hydrogens (tertiary/aromatic N) is 4. The Kier molecular flexibility index (Phi) is 5.04. The summed E-state index contributed by atoms with van der Waals surface area (Å²) >= 11 is 2.86. The summed E-state index contributed by atoms with van der Waals surface area (Å²) in [6.07, 6.45) is 4.41. The lowest BCUT2D eigenvalue weighted by Crippen LogP contribution is -2.15. The molecule has 28 heavy (non-hydrogen) atoms. The summed E-state index contributed by atoms with van der Waals surface area (Å²) in [5, 5.41) is 8.62. The Morgan fingerprint density at radius 1 is 1.14 bits per heavy atom. The van der Waals surface area contributed by atoms with E-state index in [0.29, 0.717) is 16.5 Å². The molecule has 0 aliphatic rings. The molecule has 0 aliphatic heterocycles. The topological polar surface area (TPSA) is 110 Å². The molecule has 8 nitrogen and oxygen atoms in total. The average Bonchev–Trinajstić information content (AvgIpc) is 3.27. The summed E-state index contributed by atoms with van der Waals surface area (Å²) in [4.78, 5) is 40.9. The lowest BCUT2D eigenvalue weighted by Gasteiger charge is -2.04. The maximum absolute atomic E-state index is 12.3. The second-order valence-electron chi connectivity index (χ2n) is 5.83. The SMILES string of the molecule is Cc1nc2cc(NC(=O)Cc3csc(NC(=O)c4cnccn4)n3)ccc2s1. The first kappa shape index (κ1) is 18.1. The molecule has 0 bridgehead atoms. The molecule has 4 rings (SSSR count). The van der Waals surface area contributed by atoms with Gasteiger partial charge >= 0.3 is 0 Å². The molecule has 0 spiro atoms. The van der Waals surface area contributed by atoms with Crippen molar-refractivity contribution in [3.63, 3.8) is 0 Å². The number of benzene rings is 1. The number of carbonyl (C=O) groups is 2. The van der Waals surface area contributed by atoms with Crippen LogP contribution in [-0.4, -0.2) is 31.8 Å². The van der Waals surface area contributed by atoms with Crippen molar-refractivity contribution < 1.29 is 9.59 Å². The van der Waals surface area contributed by atoms with E-state index >= 15 is 0 Å². The van der Waals surface area contributed by atoms with Gasteiger partial charge in [-0.1, -0.05) is 0 Å². The molecule has 140 valence electrons. The van der Waals surface area contributed by atoms with E-state index in [-0.39, 0.29) is 18.0 Å². The van der Waals surface area contributed by atoms with E-state index in [1.54, 1.807) is 16.7 Å². The number of nitrogens with one attached hydrogen (secondary N) is 2. The number of amides is 2. The van der Waals surface area contributed by atoms with Crippen molar-refractivity contribution in [3.8, 4) is 0 Å². The Bertz CT molecular complexity index is 1160. The number of aryl methyl sites for hydroxylation is 1. The summed E-state index contributed by atoms with van der Waals surface area (Å²) in [5.74, 6) is -0.589. The highest BCUT2D eigenvalue weighted by molar-refractivity contribution is 7.18. The van der Waals surface area contributed by atoms with E-state index in [1.165, 1.54) is 29.9 Å². The highest BCUT2D eigenvalue weighted by Gasteiger charge is 2.12. The minimum absolute atomic E-state index is 0.103. The fourth-order valence-electron chi connectivity index (χ4n) is 2.51. The van der Waals surface area contributed by atoms with Gasteiger partial charge in [0.05, 0.1) is 33.5 Å². The van der Waals surface area contributed by atoms with Crippen molar-refractivity contribution in [1.82, 2.24) is 19.9 Å². The molecule has 2 amide bonds. The van der Waals surface area contributed by atoms with Crippen LogP contribution in [0.1, 0.15) is 21.2 Å². The maximum atomic E-state index is 12.3. The standard InChI is InChI=1S/C18H14N6O2S2/c1-10-21-13-6-11(2-3-15(13)28-10)22-16(25)7-12-9-27-18(23-12)24-17(26)14-8-19-4-5-20-14/h2-6,8-9H,7H2,1H3,(H,22,25)(H,23,24,26). The molecule has 0 saturated carbocycles. The molecule has 1 aromatic carbocycles. The molecule has 0 saturated heterocycles. The molecule has 0 aliphatic carbocycles. The Morgan fingerprint density at radius 2 is 2.04 bits per heavy atom. The zero-order valence-electron chi connectivity index (χ0n) is 14.7. The van der Waals surface area contributed by atoms with Gasteiger partial charge in [-0.2, -0.15) is 0 Å². The monoisotopic (exact) mass is 410 g/mol. The van der Waals surface area contributed by atoms with Crippen LogP contribution in [0.25, 0.3) is 10.2 Å². The van der Waals surface area contributed by atoms with Crippen LogP contribution < -0.4 is 10.6 Å². The van der Waals surface area contributed by atoms with E-state index in [9.17, 15) is 9.59 Å². The quantitative estimate of drug-likeness (QED) is 0.522. The van der Waals surface area contributed by atoms with Gasteiger partial charge in [-0.3, -0.25) is 19.9 Å². The molecule has 3 heterocycles. The van der Waals surface area contributed by atoms with Gasteiger partial charge in [-0.25, -0.2) is 15.0 Å². The van der Waals surface area contributed by atoms with Gasteiger partial charge in [-0.05, 0) is 25.1 Å². The summed E-state index contributed by atoms with van der Waals surface area (Å²) in [7, 11) is 0. The first-order valence-corrected chi connectivity index (χ1v) is 9.95. The smallest absolute Gasteiger partial charge is 0.277 e. The van der Waals surface area contributed by atoms with Gasteiger partial charge in [-0.15, -0.1) is 22.7 Å². The van der Waals surface area contributed by atoms with E-state index in [4.69, 9.17) is 0 Å². The van der Waals surface area contributed by atoms with Crippen molar-refractivity contribution in [1.29, 1.82) is 0 Å². The van der Waals surface area contributed by atoms with Crippen LogP contribution in [0, 0.1) is 6.92 Å². The number of aromatic nitrogens is 4. The first-order valence-electron chi connectivity index (χ1n) is 8.25. The van der Waals surface area contributed by atoms with Gasteiger partial charge in [0, 0.05) is 23.5 Å². The second-order valence-corrected chi connectivity index (χ2v) is 7.92. The van der Waals surface area contributed by atoms with Crippen LogP contribution in [0.3, 0.4) is 0 Å². The second kappa shape index (κ2) is 7.79. The molecule has 2 N–H and O–H groups in total. The summed E-state index contributed by atoms with van der Waals surface area (Å²) in [5.41, 5.74) is 2.32. The van der Waals surface area contributed by atoms with E-state index in [0.717, 1.165) is 15.2 Å². The number of rotatable bonds is 5. The molecule has 0 radical (unpaired) electrons. The maximum Gasteiger partial charge on any atom is 0.277 e. The molecule has 0 unspecified atom stereocenters. The third-order valence-electron chi connectivity index (χ3n) is 3.69. The Labute approximate surface area is 167 Å². The molecule has 4 aromatic rings. The molecular formula is C18H14N6O2S2. The Hall–Kier alpha value is -3.24. The zero-order valence-corrected chi connectivity index (χ0v) is 16.3. The van der Waals surface area contributed by atoms with Crippen LogP contribution in [0.4, 0.5) is 10.8 Å². The average molecular weight is 410 g/mol. The van der Waals surface area contributed by atoms with Crippen molar-refractivity contribution in [3.05, 3.63) is 58.6 Å². The normalized spacial score (nSPS) is 10.8. The molecule has 10 heteroatoms. The predicted octanol–water partition coefficient (Wildman–Crippen LogP) is 3.28. The molecule has 0 atom stereocenters. The Balaban J connectivity index is 1.37. The van der Waals surface area contributed by atoms with Crippen LogP contribution in [-0.2, 0) is 11.2 Å². The number of thiazole rings is 2. The summed E-state index contributed by atoms with van der Waals surface area (Å²) in [6.45, 7) is 1.95. The number of carbonyl (C=O) groups excluding carboxylic acids is 2. The Morgan fingerprint density at radius 3 is 2.86 bits per heavy atom. The van der Waals surface area contributed by atoms with Crippen LogP contribution in [0.2, 0.25) is 0 Å². The fourth-order valence-corrected chi connectivity index (χ4v) is 4.03. The molecular weight excluding hydrogens is 396 g/mol. The van der Waals surface area contributed by atoms with Gasteiger partial charge in [0.15, 0.2) is 5.13 Å². The number of hydrogen-bond acceptors (Lipinski definition) is 8. The fraction of sp³-hybridized carbons (Fsp3) is 0.111. The zero-order chi connectivity index (χ0) is 19.5. The summed E-state index contributed by atoms with van der Waals surface area (Å²) in [6, 6.07) is 5.65. The van der Waals surface area contributed by atoms with Crippen molar-refractivity contribution in [2.75, 3.05) is 10.6 Å². The van der Waals surface area contributed by atoms with E-state index < -0.39 is 5.91 Å². The highest BCUT2D eigenvalue weighted by Crippen LogP contribution is 2.24. The largest absolute Gasteiger partial charge is 0.326 e. The van der Waals surface area contributed by atoms with Crippen LogP contribution in [0.5, 0.6) is 0 Å². The van der Waals surface area contributed by atoms with Gasteiger partial charge in [0.2, 0.25) is 5.91 Å². The minimum atomic E-state index is -0.398. The van der Waals surface area contributed by atoms with Gasteiger partial charge in [0.1, 0.15) is 5.69 Å². The van der Waals surface area contributed by atoms with Gasteiger partial charge in [0.25, 0.3) is 5.91 Å². The third kappa shape index (κ3) is 4.18. The number of anilines is 2. The highest BCUT2D eigenvalue weighted by atomic mass is 32.1. The third-order valence-corrected chi connectivity index (χ3v) is 5.45. The van der Waals surface area contributed by atoms with Crippen molar-refractivity contribution in [2.24, 2.45) is 0 Å². The number of hydrogen-bond donors (Lipinski definition) is 2. The molecule has 3 aromatic heterocycles. The molecule has 0 fully saturated rings. The lowest BCUT2D eigenvalue weighted by atomic mass is 10.2. The number of fused-ring (bicyclic) bond motifs is 1. The van der Waals surface area contributed by atoms with E-state index in [2.05, 4.69) is 30.6 Å². The van der Waals surface area contributed by atoms with E-state index in [1.807, 2.05) is 25.1 Å². The predicted molar refractivity (Wildman–Crippen MR) is 109 cm³/mol. The first-order chi connectivity index (χ1) is 13.6. The van der Waals surface area contributed by atoms with Gasteiger partial charge < -0.3 is 5.32 Å². The van der Waals surface area contributed by atoms with Crippen molar-refractivity contribution >= 4 is 55.5 Å². The minimum Gasteiger partial charge on any atom is -0.326 e. The van der Waals surface area contributed by atoms with Crippen LogP contribution >= 0.6 is 22.7 Å². The summed E-state index contributed by atoms with van der Waals surface area (Å²) < 4.78 is 1.08.